The first-order valence-electron chi connectivity index (χ1n) is 9.74. The largest absolute Gasteiger partial charge is 0.357 e. The van der Waals surface area contributed by atoms with Crippen molar-refractivity contribution in [3.63, 3.8) is 0 Å². The third kappa shape index (κ3) is 5.40. The van der Waals surface area contributed by atoms with Crippen molar-refractivity contribution in [1.82, 2.24) is 15.5 Å². The molecule has 1 unspecified atom stereocenters. The molecule has 2 fully saturated rings. The average Bonchev–Trinajstić information content (AvgIpc) is 3.31. The molecule has 26 heavy (non-hydrogen) atoms. The Morgan fingerprint density at radius 1 is 1.27 bits per heavy atom. The minimum atomic E-state index is 0.271. The molecule has 5 nitrogen and oxygen atoms in total. The van der Waals surface area contributed by atoms with Crippen LogP contribution in [0, 0.1) is 0 Å². The third-order valence-electron chi connectivity index (χ3n) is 4.92. The number of guanidine groups is 1. The van der Waals surface area contributed by atoms with Crippen molar-refractivity contribution in [2.75, 3.05) is 25.4 Å². The highest BCUT2D eigenvalue weighted by molar-refractivity contribution is 8.00. The summed E-state index contributed by atoms with van der Waals surface area (Å²) in [7, 11) is 0. The highest BCUT2D eigenvalue weighted by Gasteiger charge is 2.21. The van der Waals surface area contributed by atoms with Crippen molar-refractivity contribution in [3.8, 4) is 0 Å². The molecule has 0 spiro atoms. The minimum Gasteiger partial charge on any atom is -0.357 e. The van der Waals surface area contributed by atoms with E-state index < -0.39 is 0 Å². The summed E-state index contributed by atoms with van der Waals surface area (Å²) in [6, 6.07) is 8.33. The molecular formula is C20H30N4OS. The van der Waals surface area contributed by atoms with Gasteiger partial charge in [0.25, 0.3) is 0 Å². The number of likely N-dealkylation sites (tertiary alicyclic amines) is 1. The number of hydrogen-bond donors (Lipinski definition) is 2. The second kappa shape index (κ2) is 9.86. The van der Waals surface area contributed by atoms with E-state index in [-0.39, 0.29) is 5.91 Å². The maximum atomic E-state index is 11.9. The normalized spacial score (nSPS) is 20.7. The maximum absolute atomic E-state index is 11.9. The number of carbonyl (C=O) groups is 1. The number of rotatable bonds is 7. The molecule has 2 heterocycles. The van der Waals surface area contributed by atoms with Crippen molar-refractivity contribution in [2.24, 2.45) is 4.99 Å². The van der Waals surface area contributed by atoms with Gasteiger partial charge in [0, 0.05) is 37.8 Å². The molecule has 2 N–H and O–H groups in total. The number of thioether (sulfide) groups is 1. The van der Waals surface area contributed by atoms with Gasteiger partial charge in [-0.25, -0.2) is 4.99 Å². The van der Waals surface area contributed by atoms with E-state index in [9.17, 15) is 4.79 Å². The molecule has 1 amide bonds. The number of nitrogens with one attached hydrogen (secondary N) is 2. The van der Waals surface area contributed by atoms with E-state index in [0.29, 0.717) is 24.8 Å². The van der Waals surface area contributed by atoms with Crippen LogP contribution in [0.5, 0.6) is 0 Å². The SMILES string of the molecule is CCNC(=NCc1ccccc1CN1CCCC1=O)NCC1CCCS1. The number of amides is 1. The van der Waals surface area contributed by atoms with Gasteiger partial charge < -0.3 is 15.5 Å². The van der Waals surface area contributed by atoms with Crippen molar-refractivity contribution in [3.05, 3.63) is 35.4 Å². The lowest BCUT2D eigenvalue weighted by atomic mass is 10.1. The van der Waals surface area contributed by atoms with Gasteiger partial charge in [-0.15, -0.1) is 0 Å². The van der Waals surface area contributed by atoms with E-state index in [0.717, 1.165) is 32.0 Å². The molecule has 1 atom stereocenters. The summed E-state index contributed by atoms with van der Waals surface area (Å²) in [4.78, 5) is 18.7. The smallest absolute Gasteiger partial charge is 0.222 e. The van der Waals surface area contributed by atoms with E-state index >= 15 is 0 Å². The molecule has 142 valence electrons. The lowest BCUT2D eigenvalue weighted by molar-refractivity contribution is -0.128. The molecule has 2 aliphatic rings. The van der Waals surface area contributed by atoms with Gasteiger partial charge in [0.2, 0.25) is 5.91 Å². The fourth-order valence-corrected chi connectivity index (χ4v) is 4.67. The van der Waals surface area contributed by atoms with Crippen LogP contribution in [-0.2, 0) is 17.9 Å². The van der Waals surface area contributed by atoms with Crippen LogP contribution in [-0.4, -0.2) is 47.4 Å². The molecular weight excluding hydrogens is 344 g/mol. The quantitative estimate of drug-likeness (QED) is 0.569. The highest BCUT2D eigenvalue weighted by Crippen LogP contribution is 2.25. The summed E-state index contributed by atoms with van der Waals surface area (Å²) in [6.45, 7) is 6.13. The van der Waals surface area contributed by atoms with E-state index in [1.54, 1.807) is 0 Å². The van der Waals surface area contributed by atoms with Gasteiger partial charge in [-0.2, -0.15) is 11.8 Å². The zero-order chi connectivity index (χ0) is 18.2. The van der Waals surface area contributed by atoms with E-state index in [1.807, 2.05) is 11.0 Å². The maximum Gasteiger partial charge on any atom is 0.222 e. The number of benzene rings is 1. The standard InChI is InChI=1S/C20H30N4OS/c1-2-21-20(23-14-18-9-6-12-26-18)22-13-16-7-3-4-8-17(16)15-24-11-5-10-19(24)25/h3-4,7-8,18H,2,5-6,9-15H2,1H3,(H2,21,22,23). The van der Waals surface area contributed by atoms with Crippen LogP contribution in [0.25, 0.3) is 0 Å². The van der Waals surface area contributed by atoms with Gasteiger partial charge in [-0.05, 0) is 43.1 Å². The van der Waals surface area contributed by atoms with Crippen molar-refractivity contribution in [2.45, 2.75) is 50.9 Å². The lowest BCUT2D eigenvalue weighted by Gasteiger charge is -2.18. The van der Waals surface area contributed by atoms with Crippen LogP contribution >= 0.6 is 11.8 Å². The summed E-state index contributed by atoms with van der Waals surface area (Å²) in [6.07, 6.45) is 4.29. The summed E-state index contributed by atoms with van der Waals surface area (Å²) in [5.41, 5.74) is 2.40. The Morgan fingerprint density at radius 3 is 2.81 bits per heavy atom. The van der Waals surface area contributed by atoms with Crippen LogP contribution in [0.1, 0.15) is 43.7 Å². The fourth-order valence-electron chi connectivity index (χ4n) is 3.46. The van der Waals surface area contributed by atoms with Gasteiger partial charge >= 0.3 is 0 Å². The van der Waals surface area contributed by atoms with E-state index in [2.05, 4.69) is 47.5 Å². The predicted molar refractivity (Wildman–Crippen MR) is 109 cm³/mol. The summed E-state index contributed by atoms with van der Waals surface area (Å²) < 4.78 is 0. The predicted octanol–water partition coefficient (Wildman–Crippen LogP) is 2.76. The van der Waals surface area contributed by atoms with Crippen LogP contribution in [0.15, 0.2) is 29.3 Å². The zero-order valence-electron chi connectivity index (χ0n) is 15.7. The number of hydrogen-bond acceptors (Lipinski definition) is 3. The Hall–Kier alpha value is -1.69. The van der Waals surface area contributed by atoms with Crippen LogP contribution in [0.4, 0.5) is 0 Å². The van der Waals surface area contributed by atoms with Crippen molar-refractivity contribution < 1.29 is 4.79 Å². The molecule has 0 radical (unpaired) electrons. The first-order valence-corrected chi connectivity index (χ1v) is 10.8. The highest BCUT2D eigenvalue weighted by atomic mass is 32.2. The Kier molecular flexibility index (Phi) is 7.23. The van der Waals surface area contributed by atoms with Crippen LogP contribution < -0.4 is 10.6 Å². The summed E-state index contributed by atoms with van der Waals surface area (Å²) in [5, 5.41) is 7.53. The molecule has 2 saturated heterocycles. The second-order valence-electron chi connectivity index (χ2n) is 6.90. The Morgan fingerprint density at radius 2 is 2.12 bits per heavy atom. The first kappa shape index (κ1) is 19.1. The van der Waals surface area contributed by atoms with E-state index in [1.165, 1.54) is 29.7 Å². The molecule has 0 aromatic heterocycles. The lowest BCUT2D eigenvalue weighted by Crippen LogP contribution is -2.40. The van der Waals surface area contributed by atoms with Gasteiger partial charge in [-0.3, -0.25) is 4.79 Å². The van der Waals surface area contributed by atoms with Crippen molar-refractivity contribution in [1.29, 1.82) is 0 Å². The first-order chi connectivity index (χ1) is 12.8. The minimum absolute atomic E-state index is 0.271. The molecule has 0 bridgehead atoms. The fraction of sp³-hybridized carbons (Fsp3) is 0.600. The second-order valence-corrected chi connectivity index (χ2v) is 8.31. The number of carbonyl (C=O) groups excluding carboxylic acids is 1. The molecule has 1 aromatic rings. The van der Waals surface area contributed by atoms with Crippen LogP contribution in [0.2, 0.25) is 0 Å². The number of nitrogens with zero attached hydrogens (tertiary/aromatic N) is 2. The zero-order valence-corrected chi connectivity index (χ0v) is 16.5. The van der Waals surface area contributed by atoms with Gasteiger partial charge in [0.15, 0.2) is 5.96 Å². The molecule has 1 aromatic carbocycles. The summed E-state index contributed by atoms with van der Waals surface area (Å²) >= 11 is 2.05. The van der Waals surface area contributed by atoms with Gasteiger partial charge in [0.05, 0.1) is 6.54 Å². The molecule has 2 aliphatic heterocycles. The van der Waals surface area contributed by atoms with Gasteiger partial charge in [-0.1, -0.05) is 24.3 Å². The topological polar surface area (TPSA) is 56.7 Å². The third-order valence-corrected chi connectivity index (χ3v) is 6.32. The molecule has 3 rings (SSSR count). The monoisotopic (exact) mass is 374 g/mol. The Balaban J connectivity index is 1.61. The molecule has 0 aliphatic carbocycles. The summed E-state index contributed by atoms with van der Waals surface area (Å²) in [5.74, 6) is 2.43. The average molecular weight is 375 g/mol. The van der Waals surface area contributed by atoms with Crippen LogP contribution in [0.3, 0.4) is 0 Å². The molecule has 6 heteroatoms. The Labute approximate surface area is 161 Å². The van der Waals surface area contributed by atoms with Crippen molar-refractivity contribution >= 4 is 23.6 Å². The number of aliphatic imine (C=N–C) groups is 1. The molecule has 0 saturated carbocycles. The van der Waals surface area contributed by atoms with Gasteiger partial charge in [0.1, 0.15) is 0 Å². The van der Waals surface area contributed by atoms with E-state index in [4.69, 9.17) is 4.99 Å². The Bertz CT molecular complexity index is 628.